The molecule has 0 saturated carbocycles. The van der Waals surface area contributed by atoms with Gasteiger partial charge in [-0.15, -0.1) is 11.3 Å². The molecule has 0 radical (unpaired) electrons. The van der Waals surface area contributed by atoms with E-state index in [2.05, 4.69) is 4.72 Å². The number of nitrogens with one attached hydrogen (secondary N) is 1. The summed E-state index contributed by atoms with van der Waals surface area (Å²) in [4.78, 5) is 0.169. The molecule has 0 bridgehead atoms. The first kappa shape index (κ1) is 15.4. The second-order valence-electron chi connectivity index (χ2n) is 4.76. The van der Waals surface area contributed by atoms with Crippen molar-refractivity contribution >= 4 is 32.0 Å². The van der Waals surface area contributed by atoms with Crippen LogP contribution in [0.1, 0.15) is 22.3 Å². The Hall–Kier alpha value is -2.04. The number of nitriles is 1. The Morgan fingerprint density at radius 1 is 1.29 bits per heavy atom. The Bertz CT molecular complexity index is 846. The maximum Gasteiger partial charge on any atom is 0.263 e. The summed E-state index contributed by atoms with van der Waals surface area (Å²) >= 11 is 1.17. The molecule has 0 unspecified atom stereocenters. The van der Waals surface area contributed by atoms with Gasteiger partial charge in [0.15, 0.2) is 0 Å². The lowest BCUT2D eigenvalue weighted by Crippen LogP contribution is -2.17. The van der Waals surface area contributed by atoms with E-state index in [1.165, 1.54) is 11.3 Å². The molecule has 0 atom stereocenters. The van der Waals surface area contributed by atoms with Crippen molar-refractivity contribution in [3.63, 3.8) is 0 Å². The molecular formula is C14H15N3O2S2. The predicted octanol–water partition coefficient (Wildman–Crippen LogP) is 2.93. The number of thiophene rings is 1. The van der Waals surface area contributed by atoms with Crippen LogP contribution in [0.3, 0.4) is 0 Å². The minimum Gasteiger partial charge on any atom is -0.398 e. The molecule has 0 aliphatic heterocycles. The van der Waals surface area contributed by atoms with Gasteiger partial charge in [0.1, 0.15) is 11.1 Å². The standard InChI is InChI=1S/C14H15N3O2S2/c1-8-6-9(2)13(10(3)12(8)16)21(18,19)17-14-11(7-15)4-5-20-14/h4-6,17H,16H2,1-3H3. The molecule has 0 aliphatic rings. The third-order valence-corrected chi connectivity index (χ3v) is 5.84. The Morgan fingerprint density at radius 2 is 1.95 bits per heavy atom. The first-order valence-electron chi connectivity index (χ1n) is 6.14. The van der Waals surface area contributed by atoms with Gasteiger partial charge < -0.3 is 5.73 Å². The molecule has 0 saturated heterocycles. The van der Waals surface area contributed by atoms with Crippen molar-refractivity contribution in [2.75, 3.05) is 10.5 Å². The smallest absolute Gasteiger partial charge is 0.263 e. The zero-order valence-corrected chi connectivity index (χ0v) is 13.5. The molecule has 2 aromatic rings. The average molecular weight is 321 g/mol. The first-order valence-corrected chi connectivity index (χ1v) is 8.51. The van der Waals surface area contributed by atoms with Gasteiger partial charge in [-0.1, -0.05) is 6.07 Å². The summed E-state index contributed by atoms with van der Waals surface area (Å²) < 4.78 is 27.7. The van der Waals surface area contributed by atoms with Crippen LogP contribution >= 0.6 is 11.3 Å². The molecule has 0 amide bonds. The molecule has 21 heavy (non-hydrogen) atoms. The number of sulfonamides is 1. The van der Waals surface area contributed by atoms with E-state index in [1.54, 1.807) is 31.4 Å². The molecule has 0 fully saturated rings. The third kappa shape index (κ3) is 2.73. The van der Waals surface area contributed by atoms with Crippen LogP contribution in [0.25, 0.3) is 0 Å². The number of hydrogen-bond acceptors (Lipinski definition) is 5. The number of hydrogen-bond donors (Lipinski definition) is 2. The molecule has 3 N–H and O–H groups in total. The van der Waals surface area contributed by atoms with Gasteiger partial charge in [0.05, 0.1) is 10.5 Å². The minimum absolute atomic E-state index is 0.169. The van der Waals surface area contributed by atoms with Crippen LogP contribution in [0.5, 0.6) is 0 Å². The van der Waals surface area contributed by atoms with Gasteiger partial charge in [-0.25, -0.2) is 8.42 Å². The summed E-state index contributed by atoms with van der Waals surface area (Å²) in [5.41, 5.74) is 8.70. The van der Waals surface area contributed by atoms with E-state index in [9.17, 15) is 8.42 Å². The Labute approximate surface area is 128 Å². The van der Waals surface area contributed by atoms with Crippen molar-refractivity contribution in [1.82, 2.24) is 0 Å². The van der Waals surface area contributed by atoms with Gasteiger partial charge in [-0.3, -0.25) is 4.72 Å². The molecule has 5 nitrogen and oxygen atoms in total. The largest absolute Gasteiger partial charge is 0.398 e. The number of rotatable bonds is 3. The lowest BCUT2D eigenvalue weighted by Gasteiger charge is -2.15. The highest BCUT2D eigenvalue weighted by Gasteiger charge is 2.23. The summed E-state index contributed by atoms with van der Waals surface area (Å²) in [6.07, 6.45) is 0. The highest BCUT2D eigenvalue weighted by atomic mass is 32.2. The average Bonchev–Trinajstić information content (AvgIpc) is 2.82. The van der Waals surface area contributed by atoms with Gasteiger partial charge in [0, 0.05) is 5.69 Å². The van der Waals surface area contributed by atoms with E-state index in [1.807, 2.05) is 13.0 Å². The maximum atomic E-state index is 12.6. The molecule has 1 aromatic carbocycles. The maximum absolute atomic E-state index is 12.6. The molecular weight excluding hydrogens is 306 g/mol. The van der Waals surface area contributed by atoms with E-state index in [0.717, 1.165) is 5.56 Å². The molecule has 7 heteroatoms. The second-order valence-corrected chi connectivity index (χ2v) is 7.29. The Balaban J connectivity index is 2.56. The fourth-order valence-corrected chi connectivity index (χ4v) is 4.80. The monoisotopic (exact) mass is 321 g/mol. The van der Waals surface area contributed by atoms with Gasteiger partial charge in [-0.05, 0) is 48.9 Å². The van der Waals surface area contributed by atoms with Crippen molar-refractivity contribution in [2.24, 2.45) is 0 Å². The van der Waals surface area contributed by atoms with Crippen molar-refractivity contribution in [3.05, 3.63) is 39.8 Å². The van der Waals surface area contributed by atoms with Gasteiger partial charge in [-0.2, -0.15) is 5.26 Å². The van der Waals surface area contributed by atoms with Crippen LogP contribution in [0, 0.1) is 32.1 Å². The van der Waals surface area contributed by atoms with Crippen LogP contribution in [0.15, 0.2) is 22.4 Å². The molecule has 1 heterocycles. The lowest BCUT2D eigenvalue weighted by molar-refractivity contribution is 0.600. The van der Waals surface area contributed by atoms with Crippen LogP contribution in [-0.4, -0.2) is 8.42 Å². The predicted molar refractivity (Wildman–Crippen MR) is 84.9 cm³/mol. The lowest BCUT2D eigenvalue weighted by atomic mass is 10.1. The van der Waals surface area contributed by atoms with Crippen molar-refractivity contribution in [3.8, 4) is 6.07 Å². The van der Waals surface area contributed by atoms with E-state index >= 15 is 0 Å². The summed E-state index contributed by atoms with van der Waals surface area (Å²) in [5.74, 6) is 0. The fourth-order valence-electron chi connectivity index (χ4n) is 2.24. The summed E-state index contributed by atoms with van der Waals surface area (Å²) in [6.45, 7) is 5.25. The topological polar surface area (TPSA) is 96.0 Å². The van der Waals surface area contributed by atoms with Crippen molar-refractivity contribution in [1.29, 1.82) is 5.26 Å². The van der Waals surface area contributed by atoms with Crippen molar-refractivity contribution < 1.29 is 8.42 Å². The minimum atomic E-state index is -3.79. The van der Waals surface area contributed by atoms with Crippen LogP contribution in [0.4, 0.5) is 10.7 Å². The van der Waals surface area contributed by atoms with Crippen LogP contribution < -0.4 is 10.5 Å². The molecule has 2 rings (SSSR count). The zero-order chi connectivity index (χ0) is 15.8. The number of nitrogen functional groups attached to an aromatic ring is 1. The third-order valence-electron chi connectivity index (χ3n) is 3.24. The second kappa shape index (κ2) is 5.39. The van der Waals surface area contributed by atoms with Gasteiger partial charge in [0.25, 0.3) is 10.0 Å². The van der Waals surface area contributed by atoms with E-state index in [0.29, 0.717) is 27.4 Å². The summed E-state index contributed by atoms with van der Waals surface area (Å²) in [7, 11) is -3.79. The highest BCUT2D eigenvalue weighted by Crippen LogP contribution is 2.31. The number of anilines is 2. The number of benzene rings is 1. The molecule has 110 valence electrons. The fraction of sp³-hybridized carbons (Fsp3) is 0.214. The molecule has 0 spiro atoms. The van der Waals surface area contributed by atoms with E-state index in [4.69, 9.17) is 11.0 Å². The van der Waals surface area contributed by atoms with Gasteiger partial charge >= 0.3 is 0 Å². The highest BCUT2D eigenvalue weighted by molar-refractivity contribution is 7.93. The summed E-state index contributed by atoms with van der Waals surface area (Å²) in [6, 6.07) is 5.28. The first-order chi connectivity index (χ1) is 9.77. The number of nitrogens with two attached hydrogens (primary N) is 1. The van der Waals surface area contributed by atoms with E-state index in [-0.39, 0.29) is 4.90 Å². The Morgan fingerprint density at radius 3 is 2.57 bits per heavy atom. The van der Waals surface area contributed by atoms with E-state index < -0.39 is 10.0 Å². The molecule has 0 aliphatic carbocycles. The summed E-state index contributed by atoms with van der Waals surface area (Å²) in [5, 5.41) is 10.9. The number of aryl methyl sites for hydroxylation is 2. The SMILES string of the molecule is Cc1cc(C)c(S(=O)(=O)Nc2sccc2C#N)c(C)c1N. The molecule has 1 aromatic heterocycles. The van der Waals surface area contributed by atoms with Gasteiger partial charge in [0.2, 0.25) is 0 Å². The van der Waals surface area contributed by atoms with Crippen LogP contribution in [0.2, 0.25) is 0 Å². The van der Waals surface area contributed by atoms with Crippen LogP contribution in [-0.2, 0) is 10.0 Å². The quantitative estimate of drug-likeness (QED) is 0.849. The normalized spacial score (nSPS) is 11.1. The van der Waals surface area contributed by atoms with Crippen molar-refractivity contribution in [2.45, 2.75) is 25.7 Å². The zero-order valence-electron chi connectivity index (χ0n) is 11.9. The Kier molecular flexibility index (Phi) is 3.94. The number of nitrogens with zero attached hydrogens (tertiary/aromatic N) is 1.